The predicted octanol–water partition coefficient (Wildman–Crippen LogP) is 4.08. The first-order chi connectivity index (χ1) is 15.9. The third-order valence-corrected chi connectivity index (χ3v) is 7.14. The van der Waals surface area contributed by atoms with Crippen LogP contribution >= 0.6 is 11.8 Å². The van der Waals surface area contributed by atoms with Gasteiger partial charge in [0.2, 0.25) is 5.91 Å². The lowest BCUT2D eigenvalue weighted by Crippen LogP contribution is -2.38. The van der Waals surface area contributed by atoms with Crippen LogP contribution in [-0.2, 0) is 19.1 Å². The molecule has 8 heteroatoms. The summed E-state index contributed by atoms with van der Waals surface area (Å²) in [5.74, 6) is -0.282. The van der Waals surface area contributed by atoms with Crippen LogP contribution < -0.4 is 0 Å². The lowest BCUT2D eigenvalue weighted by molar-refractivity contribution is -0.141. The zero-order valence-electron chi connectivity index (χ0n) is 19.7. The van der Waals surface area contributed by atoms with E-state index < -0.39 is 12.0 Å². The highest BCUT2D eigenvalue weighted by atomic mass is 32.2. The second-order valence-corrected chi connectivity index (χ2v) is 9.48. The standard InChI is InChI=1S/C25H31N3O4S/c1-16-7-8-20(17(2)13-16)23-22(24(30)32-12-11-31-4)18(3)26-25-28(23)19(15-33-25)14-21(29)27-9-5-6-10-27/h7-8,13,15,23H,5-6,9-12,14H2,1-4H3/t23-/m1/s1. The molecule has 0 saturated carbocycles. The molecule has 1 fully saturated rings. The summed E-state index contributed by atoms with van der Waals surface area (Å²) in [5, 5.41) is 2.78. The van der Waals surface area contributed by atoms with Crippen LogP contribution in [0.25, 0.3) is 0 Å². The Kier molecular flexibility index (Phi) is 7.24. The number of fused-ring (bicyclic) bond motifs is 1. The van der Waals surface area contributed by atoms with E-state index in [1.165, 1.54) is 11.8 Å². The van der Waals surface area contributed by atoms with Crippen molar-refractivity contribution in [3.8, 4) is 0 Å². The number of allylic oxidation sites excluding steroid dienone is 1. The maximum absolute atomic E-state index is 13.2. The van der Waals surface area contributed by atoms with Gasteiger partial charge in [-0.25, -0.2) is 9.79 Å². The monoisotopic (exact) mass is 469 g/mol. The molecule has 0 spiro atoms. The minimum atomic E-state index is -0.403. The average Bonchev–Trinajstić information content (AvgIpc) is 3.44. The number of benzene rings is 1. The van der Waals surface area contributed by atoms with Crippen molar-refractivity contribution >= 4 is 28.8 Å². The van der Waals surface area contributed by atoms with Crippen LogP contribution in [0.3, 0.4) is 0 Å². The molecule has 33 heavy (non-hydrogen) atoms. The molecule has 7 nitrogen and oxygen atoms in total. The van der Waals surface area contributed by atoms with E-state index >= 15 is 0 Å². The van der Waals surface area contributed by atoms with Crippen molar-refractivity contribution in [2.75, 3.05) is 33.4 Å². The third-order valence-electron chi connectivity index (χ3n) is 6.25. The smallest absolute Gasteiger partial charge is 0.338 e. The molecule has 1 saturated heterocycles. The molecule has 1 amide bonds. The minimum Gasteiger partial charge on any atom is -0.460 e. The molecule has 0 radical (unpaired) electrons. The largest absolute Gasteiger partial charge is 0.460 e. The molecule has 3 heterocycles. The summed E-state index contributed by atoms with van der Waals surface area (Å²) in [6, 6.07) is 5.84. The van der Waals surface area contributed by atoms with E-state index in [-0.39, 0.29) is 12.5 Å². The van der Waals surface area contributed by atoms with Crippen LogP contribution in [0.5, 0.6) is 0 Å². The number of amidine groups is 1. The Morgan fingerprint density at radius 1 is 1.15 bits per heavy atom. The molecule has 0 bridgehead atoms. The van der Waals surface area contributed by atoms with Crippen molar-refractivity contribution in [2.24, 2.45) is 4.99 Å². The summed E-state index contributed by atoms with van der Waals surface area (Å²) in [6.07, 6.45) is 2.40. The molecule has 3 aliphatic heterocycles. The van der Waals surface area contributed by atoms with Crippen molar-refractivity contribution in [1.82, 2.24) is 9.80 Å². The number of nitrogens with zero attached hydrogens (tertiary/aromatic N) is 3. The lowest BCUT2D eigenvalue weighted by atomic mass is 9.90. The second-order valence-electron chi connectivity index (χ2n) is 8.65. The summed E-state index contributed by atoms with van der Waals surface area (Å²) in [6.45, 7) is 8.09. The summed E-state index contributed by atoms with van der Waals surface area (Å²) in [4.78, 5) is 34.9. The van der Waals surface area contributed by atoms with Crippen LogP contribution in [0.2, 0.25) is 0 Å². The van der Waals surface area contributed by atoms with Gasteiger partial charge in [-0.1, -0.05) is 35.5 Å². The quantitative estimate of drug-likeness (QED) is 0.443. The fourth-order valence-electron chi connectivity index (χ4n) is 4.59. The van der Waals surface area contributed by atoms with Gasteiger partial charge in [0.1, 0.15) is 6.61 Å². The average molecular weight is 470 g/mol. The third kappa shape index (κ3) is 4.87. The maximum Gasteiger partial charge on any atom is 0.338 e. The van der Waals surface area contributed by atoms with Gasteiger partial charge in [0.15, 0.2) is 5.17 Å². The second kappa shape index (κ2) is 10.1. The fraction of sp³-hybridized carbons (Fsp3) is 0.480. The molecule has 176 valence electrons. The van der Waals surface area contributed by atoms with Crippen molar-refractivity contribution in [3.63, 3.8) is 0 Å². The molecular weight excluding hydrogens is 438 g/mol. The Morgan fingerprint density at radius 3 is 2.61 bits per heavy atom. The van der Waals surface area contributed by atoms with E-state index in [0.717, 1.165) is 53.5 Å². The van der Waals surface area contributed by atoms with Gasteiger partial charge in [0, 0.05) is 25.9 Å². The number of rotatable bonds is 7. The minimum absolute atomic E-state index is 0.121. The number of ether oxygens (including phenoxy) is 2. The first-order valence-corrected chi connectivity index (χ1v) is 12.2. The first kappa shape index (κ1) is 23.6. The van der Waals surface area contributed by atoms with Crippen molar-refractivity contribution in [2.45, 2.75) is 46.1 Å². The van der Waals surface area contributed by atoms with E-state index in [0.29, 0.717) is 24.3 Å². The molecule has 1 aromatic carbocycles. The molecule has 0 aliphatic carbocycles. The number of hydrogen-bond acceptors (Lipinski definition) is 7. The molecule has 0 aromatic heterocycles. The van der Waals surface area contributed by atoms with Gasteiger partial charge < -0.3 is 19.3 Å². The van der Waals surface area contributed by atoms with Crippen molar-refractivity contribution in [1.29, 1.82) is 0 Å². The number of methoxy groups -OCH3 is 1. The zero-order chi connectivity index (χ0) is 23.5. The predicted molar refractivity (Wildman–Crippen MR) is 130 cm³/mol. The fourth-order valence-corrected chi connectivity index (χ4v) is 5.55. The van der Waals surface area contributed by atoms with E-state index in [1.807, 2.05) is 17.2 Å². The SMILES string of the molecule is COCCOC(=O)C1=C(C)N=C2SC=C(CC(=O)N3CCCC3)N2[C@@H]1c1ccc(C)cc1C. The van der Waals surface area contributed by atoms with E-state index in [2.05, 4.69) is 36.9 Å². The number of amides is 1. The van der Waals surface area contributed by atoms with Crippen LogP contribution in [0, 0.1) is 13.8 Å². The number of aryl methyl sites for hydroxylation is 2. The molecular formula is C25H31N3O4S. The summed E-state index contributed by atoms with van der Waals surface area (Å²) in [7, 11) is 1.57. The number of carbonyl (C=O) groups excluding carboxylic acids is 2. The van der Waals surface area contributed by atoms with Gasteiger partial charge in [0.25, 0.3) is 0 Å². The zero-order valence-corrected chi connectivity index (χ0v) is 20.5. The lowest BCUT2D eigenvalue weighted by Gasteiger charge is -2.37. The van der Waals surface area contributed by atoms with Crippen LogP contribution in [0.1, 0.15) is 48.9 Å². The molecule has 0 N–H and O–H groups in total. The first-order valence-electron chi connectivity index (χ1n) is 11.4. The van der Waals surface area contributed by atoms with Gasteiger partial charge >= 0.3 is 5.97 Å². The number of esters is 1. The van der Waals surface area contributed by atoms with Crippen LogP contribution in [-0.4, -0.2) is 60.3 Å². The summed E-state index contributed by atoms with van der Waals surface area (Å²) >= 11 is 1.50. The van der Waals surface area contributed by atoms with E-state index in [1.54, 1.807) is 7.11 Å². The highest BCUT2D eigenvalue weighted by Gasteiger charge is 2.42. The summed E-state index contributed by atoms with van der Waals surface area (Å²) in [5.41, 5.74) is 5.26. The van der Waals surface area contributed by atoms with Gasteiger partial charge in [-0.2, -0.15) is 0 Å². The van der Waals surface area contributed by atoms with Gasteiger partial charge in [-0.15, -0.1) is 0 Å². The molecule has 4 rings (SSSR count). The number of likely N-dealkylation sites (tertiary alicyclic amines) is 1. The highest BCUT2D eigenvalue weighted by Crippen LogP contribution is 2.45. The van der Waals surface area contributed by atoms with Crippen molar-refractivity contribution < 1.29 is 19.1 Å². The van der Waals surface area contributed by atoms with Gasteiger partial charge in [-0.05, 0) is 50.1 Å². The Hall–Kier alpha value is -2.58. The van der Waals surface area contributed by atoms with Gasteiger partial charge in [0.05, 0.1) is 30.3 Å². The Bertz CT molecular complexity index is 1040. The molecule has 0 unspecified atom stereocenters. The van der Waals surface area contributed by atoms with Gasteiger partial charge in [-0.3, -0.25) is 4.79 Å². The Morgan fingerprint density at radius 2 is 1.91 bits per heavy atom. The Balaban J connectivity index is 1.71. The van der Waals surface area contributed by atoms with E-state index in [9.17, 15) is 9.59 Å². The number of thioether (sulfide) groups is 1. The molecule has 1 atom stereocenters. The Labute approximate surface area is 199 Å². The van der Waals surface area contributed by atoms with E-state index in [4.69, 9.17) is 14.5 Å². The normalized spacial score (nSPS) is 20.1. The van der Waals surface area contributed by atoms with Crippen LogP contribution in [0.4, 0.5) is 0 Å². The number of carbonyl (C=O) groups is 2. The topological polar surface area (TPSA) is 71.4 Å². The molecule has 1 aromatic rings. The number of hydrogen-bond donors (Lipinski definition) is 0. The highest BCUT2D eigenvalue weighted by molar-refractivity contribution is 8.16. The summed E-state index contributed by atoms with van der Waals surface area (Å²) < 4.78 is 10.6. The van der Waals surface area contributed by atoms with Crippen molar-refractivity contribution in [3.05, 3.63) is 57.3 Å². The maximum atomic E-state index is 13.2. The molecule has 3 aliphatic rings. The van der Waals surface area contributed by atoms with Crippen LogP contribution in [0.15, 0.2) is 45.6 Å². The number of aliphatic imine (C=N–C) groups is 1.